The van der Waals surface area contributed by atoms with Crippen LogP contribution in [0.2, 0.25) is 0 Å². The molecule has 1 aliphatic rings. The van der Waals surface area contributed by atoms with E-state index in [0.29, 0.717) is 18.8 Å². The first kappa shape index (κ1) is 19.2. The van der Waals surface area contributed by atoms with Crippen LogP contribution in [-0.4, -0.2) is 41.4 Å². The van der Waals surface area contributed by atoms with Gasteiger partial charge < -0.3 is 4.74 Å². The second kappa shape index (κ2) is 8.52. The molecule has 0 amide bonds. The Morgan fingerprint density at radius 2 is 1.80 bits per heavy atom. The zero-order chi connectivity index (χ0) is 20.3. The summed E-state index contributed by atoms with van der Waals surface area (Å²) < 4.78 is 20.2. The van der Waals surface area contributed by atoms with Gasteiger partial charge in [-0.15, -0.1) is 11.3 Å². The van der Waals surface area contributed by atoms with Crippen LogP contribution >= 0.6 is 11.3 Å². The number of aromatic nitrogens is 2. The molecule has 5 rings (SSSR count). The maximum Gasteiger partial charge on any atom is 0.132 e. The number of H-pyrrole nitrogens is 1. The van der Waals surface area contributed by atoms with Gasteiger partial charge >= 0.3 is 0 Å². The molecule has 2 aromatic heterocycles. The predicted molar refractivity (Wildman–Crippen MR) is 118 cm³/mol. The molecule has 1 atom stereocenters. The van der Waals surface area contributed by atoms with Gasteiger partial charge in [0.1, 0.15) is 5.82 Å². The van der Waals surface area contributed by atoms with Crippen molar-refractivity contribution in [2.45, 2.75) is 6.04 Å². The lowest BCUT2D eigenvalue weighted by Gasteiger charge is -2.35. The van der Waals surface area contributed by atoms with Crippen LogP contribution in [0.3, 0.4) is 0 Å². The zero-order valence-corrected chi connectivity index (χ0v) is 17.2. The van der Waals surface area contributed by atoms with E-state index in [-0.39, 0.29) is 11.9 Å². The molecule has 152 valence electrons. The lowest BCUT2D eigenvalue weighted by atomic mass is 9.93. The second-order valence-corrected chi connectivity index (χ2v) is 8.28. The van der Waals surface area contributed by atoms with Crippen LogP contribution < -0.4 is 0 Å². The summed E-state index contributed by atoms with van der Waals surface area (Å²) in [5, 5.41) is 9.42. The monoisotopic (exact) mass is 419 g/mol. The maximum absolute atomic E-state index is 14.6. The Morgan fingerprint density at radius 1 is 1.00 bits per heavy atom. The van der Waals surface area contributed by atoms with Gasteiger partial charge in [-0.3, -0.25) is 10.00 Å². The Kier molecular flexibility index (Phi) is 5.45. The van der Waals surface area contributed by atoms with E-state index >= 15 is 0 Å². The molecule has 1 unspecified atom stereocenters. The Morgan fingerprint density at radius 3 is 2.53 bits per heavy atom. The number of halogens is 1. The van der Waals surface area contributed by atoms with E-state index < -0.39 is 0 Å². The maximum atomic E-state index is 14.6. The first-order valence-corrected chi connectivity index (χ1v) is 10.9. The molecule has 1 aliphatic heterocycles. The molecule has 0 bridgehead atoms. The number of hydrogen-bond acceptors (Lipinski definition) is 4. The van der Waals surface area contributed by atoms with Gasteiger partial charge in [-0.1, -0.05) is 42.5 Å². The number of aromatic amines is 1. The number of thiophene rings is 1. The fourth-order valence-corrected chi connectivity index (χ4v) is 4.81. The number of ether oxygens (including phenoxy) is 1. The highest BCUT2D eigenvalue weighted by atomic mass is 32.1. The molecule has 6 heteroatoms. The third kappa shape index (κ3) is 3.69. The van der Waals surface area contributed by atoms with Gasteiger partial charge in [-0.25, -0.2) is 4.39 Å². The summed E-state index contributed by atoms with van der Waals surface area (Å²) in [6.07, 6.45) is 1.83. The van der Waals surface area contributed by atoms with Gasteiger partial charge in [0.15, 0.2) is 0 Å². The molecule has 4 aromatic rings. The minimum Gasteiger partial charge on any atom is -0.379 e. The molecule has 4 nitrogen and oxygen atoms in total. The summed E-state index contributed by atoms with van der Waals surface area (Å²) in [7, 11) is 0. The average Bonchev–Trinajstić information content (AvgIpc) is 3.49. The van der Waals surface area contributed by atoms with E-state index in [4.69, 9.17) is 4.74 Å². The number of nitrogens with zero attached hydrogens (tertiary/aromatic N) is 2. The minimum absolute atomic E-state index is 0.0281. The van der Waals surface area contributed by atoms with Gasteiger partial charge in [0, 0.05) is 29.1 Å². The number of rotatable bonds is 5. The van der Waals surface area contributed by atoms with Gasteiger partial charge in [-0.05, 0) is 34.7 Å². The first-order valence-electron chi connectivity index (χ1n) is 10.0. The molecule has 1 N–H and O–H groups in total. The number of benzene rings is 2. The minimum atomic E-state index is -0.253. The van der Waals surface area contributed by atoms with Crippen molar-refractivity contribution in [3.8, 4) is 21.7 Å². The second-order valence-electron chi connectivity index (χ2n) is 7.33. The summed E-state index contributed by atoms with van der Waals surface area (Å²) in [6, 6.07) is 19.7. The van der Waals surface area contributed by atoms with Gasteiger partial charge in [0.05, 0.1) is 31.1 Å². The standard InChI is InChI=1S/C24H22FN3OS/c25-21-5-2-1-4-19(21)23-20(16-26-27-23)24(28-11-13-29-14-12-28)18-9-7-17(8-10-18)22-6-3-15-30-22/h1-10,15-16,24H,11-14H2,(H,26,27). The topological polar surface area (TPSA) is 41.2 Å². The van der Waals surface area contributed by atoms with Crippen LogP contribution in [0.15, 0.2) is 72.2 Å². The van der Waals surface area contributed by atoms with Crippen LogP contribution in [0, 0.1) is 5.82 Å². The highest BCUT2D eigenvalue weighted by Gasteiger charge is 2.28. The third-order valence-electron chi connectivity index (χ3n) is 5.55. The Balaban J connectivity index is 1.57. The van der Waals surface area contributed by atoms with E-state index in [1.165, 1.54) is 16.5 Å². The van der Waals surface area contributed by atoms with Crippen LogP contribution in [0.5, 0.6) is 0 Å². The highest BCUT2D eigenvalue weighted by molar-refractivity contribution is 7.13. The summed E-state index contributed by atoms with van der Waals surface area (Å²) >= 11 is 1.73. The molecule has 0 saturated carbocycles. The van der Waals surface area contributed by atoms with Crippen molar-refractivity contribution in [1.29, 1.82) is 0 Å². The largest absolute Gasteiger partial charge is 0.379 e. The van der Waals surface area contributed by atoms with Crippen molar-refractivity contribution in [2.24, 2.45) is 0 Å². The number of hydrogen-bond donors (Lipinski definition) is 1. The van der Waals surface area contributed by atoms with Crippen LogP contribution in [-0.2, 0) is 4.74 Å². The van der Waals surface area contributed by atoms with Gasteiger partial charge in [-0.2, -0.15) is 5.10 Å². The van der Waals surface area contributed by atoms with Gasteiger partial charge in [0.2, 0.25) is 0 Å². The van der Waals surface area contributed by atoms with E-state index in [9.17, 15) is 4.39 Å². The molecular weight excluding hydrogens is 397 g/mol. The first-order chi connectivity index (χ1) is 14.8. The van der Waals surface area contributed by atoms with Crippen molar-refractivity contribution in [3.63, 3.8) is 0 Å². The van der Waals surface area contributed by atoms with Crippen molar-refractivity contribution >= 4 is 11.3 Å². The summed E-state index contributed by atoms with van der Waals surface area (Å²) in [6.45, 7) is 3.02. The molecule has 0 radical (unpaired) electrons. The van der Waals surface area contributed by atoms with Crippen molar-refractivity contribution in [3.05, 3.63) is 89.2 Å². The molecule has 3 heterocycles. The molecule has 30 heavy (non-hydrogen) atoms. The smallest absolute Gasteiger partial charge is 0.132 e. The van der Waals surface area contributed by atoms with Crippen LogP contribution in [0.1, 0.15) is 17.2 Å². The predicted octanol–water partition coefficient (Wildman–Crippen LogP) is 5.37. The number of morpholine rings is 1. The van der Waals surface area contributed by atoms with Crippen molar-refractivity contribution < 1.29 is 9.13 Å². The van der Waals surface area contributed by atoms with Crippen LogP contribution in [0.4, 0.5) is 4.39 Å². The Hall–Kier alpha value is -2.80. The fraction of sp³-hybridized carbons (Fsp3) is 0.208. The SMILES string of the molecule is Fc1ccccc1-c1[nH]ncc1C(c1ccc(-c2cccs2)cc1)N1CCOCC1. The quantitative estimate of drug-likeness (QED) is 0.473. The van der Waals surface area contributed by atoms with E-state index in [1.807, 2.05) is 12.3 Å². The lowest BCUT2D eigenvalue weighted by Crippen LogP contribution is -2.39. The van der Waals surface area contributed by atoms with Crippen molar-refractivity contribution in [1.82, 2.24) is 15.1 Å². The van der Waals surface area contributed by atoms with Crippen LogP contribution in [0.25, 0.3) is 21.7 Å². The molecular formula is C24H22FN3OS. The third-order valence-corrected chi connectivity index (χ3v) is 6.47. The Bertz CT molecular complexity index is 1100. The van der Waals surface area contributed by atoms with E-state index in [0.717, 1.165) is 29.9 Å². The average molecular weight is 420 g/mol. The fourth-order valence-electron chi connectivity index (χ4n) is 4.08. The summed E-state index contributed by atoms with van der Waals surface area (Å²) in [4.78, 5) is 3.64. The van der Waals surface area contributed by atoms with Gasteiger partial charge in [0.25, 0.3) is 0 Å². The van der Waals surface area contributed by atoms with E-state index in [2.05, 4.69) is 56.9 Å². The summed E-state index contributed by atoms with van der Waals surface area (Å²) in [5.74, 6) is -0.253. The highest BCUT2D eigenvalue weighted by Crippen LogP contribution is 2.37. The molecule has 1 fully saturated rings. The zero-order valence-electron chi connectivity index (χ0n) is 16.4. The summed E-state index contributed by atoms with van der Waals surface area (Å²) in [5.41, 5.74) is 4.61. The molecule has 2 aromatic carbocycles. The van der Waals surface area contributed by atoms with Crippen molar-refractivity contribution in [2.75, 3.05) is 26.3 Å². The molecule has 0 spiro atoms. The van der Waals surface area contributed by atoms with E-state index in [1.54, 1.807) is 23.5 Å². The number of nitrogens with one attached hydrogen (secondary N) is 1. The molecule has 1 saturated heterocycles. The lowest BCUT2D eigenvalue weighted by molar-refractivity contribution is 0.0240. The normalized spacial score (nSPS) is 15.9. The Labute approximate surface area is 178 Å². The molecule has 0 aliphatic carbocycles.